The van der Waals surface area contributed by atoms with Crippen molar-refractivity contribution in [3.8, 4) is 0 Å². The van der Waals surface area contributed by atoms with Crippen molar-refractivity contribution in [2.75, 3.05) is 19.0 Å². The van der Waals surface area contributed by atoms with Crippen LogP contribution in [0.2, 0.25) is 0 Å². The Labute approximate surface area is 94.5 Å². The molecule has 17 heavy (non-hydrogen) atoms. The average Bonchev–Trinajstić information content (AvgIpc) is 2.07. The Morgan fingerprint density at radius 1 is 1.06 bits per heavy atom. The van der Waals surface area contributed by atoms with E-state index in [9.17, 15) is 30.4 Å². The van der Waals surface area contributed by atoms with Gasteiger partial charge in [0.05, 0.1) is 12.4 Å². The summed E-state index contributed by atoms with van der Waals surface area (Å²) < 4.78 is 92.6. The molecule has 0 bridgehead atoms. The monoisotopic (exact) mass is 286 g/mol. The van der Waals surface area contributed by atoms with Crippen LogP contribution < -0.4 is 0 Å². The SMILES string of the molecule is O=S(=O)(O)CCCOCCC(F)(F)C(F)(F)F. The lowest BCUT2D eigenvalue weighted by molar-refractivity contribution is -0.286. The second-order valence-corrected chi connectivity index (χ2v) is 4.78. The van der Waals surface area contributed by atoms with E-state index in [1.54, 1.807) is 0 Å². The Balaban J connectivity index is 3.73. The molecule has 0 spiro atoms. The maximum absolute atomic E-state index is 12.3. The van der Waals surface area contributed by atoms with Gasteiger partial charge < -0.3 is 4.74 Å². The summed E-state index contributed by atoms with van der Waals surface area (Å²) in [6.07, 6.45) is -7.33. The highest BCUT2D eigenvalue weighted by Crippen LogP contribution is 2.37. The lowest BCUT2D eigenvalue weighted by atomic mass is 10.2. The van der Waals surface area contributed by atoms with Gasteiger partial charge in [0.15, 0.2) is 0 Å². The van der Waals surface area contributed by atoms with Gasteiger partial charge in [-0.2, -0.15) is 30.4 Å². The molecule has 0 radical (unpaired) electrons. The molecule has 0 aliphatic heterocycles. The largest absolute Gasteiger partial charge is 0.453 e. The number of rotatable bonds is 7. The molecule has 0 aromatic heterocycles. The van der Waals surface area contributed by atoms with Crippen LogP contribution in [0.25, 0.3) is 0 Å². The predicted octanol–water partition coefficient (Wildman–Crippen LogP) is 1.87. The molecule has 0 unspecified atom stereocenters. The minimum atomic E-state index is -5.62. The summed E-state index contributed by atoms with van der Waals surface area (Å²) in [4.78, 5) is 0. The van der Waals surface area contributed by atoms with Crippen molar-refractivity contribution in [1.82, 2.24) is 0 Å². The van der Waals surface area contributed by atoms with Crippen molar-refractivity contribution in [3.05, 3.63) is 0 Å². The van der Waals surface area contributed by atoms with Gasteiger partial charge in [0.2, 0.25) is 0 Å². The zero-order chi connectivity index (χ0) is 13.7. The van der Waals surface area contributed by atoms with Gasteiger partial charge in [0.25, 0.3) is 10.1 Å². The van der Waals surface area contributed by atoms with E-state index in [1.165, 1.54) is 0 Å². The van der Waals surface area contributed by atoms with Gasteiger partial charge in [0, 0.05) is 13.0 Å². The van der Waals surface area contributed by atoms with Crippen LogP contribution in [-0.2, 0) is 14.9 Å². The van der Waals surface area contributed by atoms with Crippen LogP contribution in [0, 0.1) is 0 Å². The topological polar surface area (TPSA) is 63.6 Å². The maximum Gasteiger partial charge on any atom is 0.453 e. The van der Waals surface area contributed by atoms with Crippen LogP contribution in [-0.4, -0.2) is 44.0 Å². The lowest BCUT2D eigenvalue weighted by Gasteiger charge is -2.19. The van der Waals surface area contributed by atoms with Crippen molar-refractivity contribution < 1.29 is 39.7 Å². The third kappa shape index (κ3) is 7.45. The molecule has 0 aromatic rings. The van der Waals surface area contributed by atoms with E-state index in [1.807, 2.05) is 0 Å². The van der Waals surface area contributed by atoms with Crippen LogP contribution in [0.3, 0.4) is 0 Å². The Morgan fingerprint density at radius 3 is 2.00 bits per heavy atom. The number of alkyl halides is 5. The first-order valence-corrected chi connectivity index (χ1v) is 6.04. The minimum absolute atomic E-state index is 0.184. The minimum Gasteiger partial charge on any atom is -0.381 e. The van der Waals surface area contributed by atoms with Gasteiger partial charge in [-0.15, -0.1) is 0 Å². The van der Waals surface area contributed by atoms with E-state index in [-0.39, 0.29) is 13.0 Å². The second-order valence-electron chi connectivity index (χ2n) is 3.20. The molecule has 0 saturated carbocycles. The molecule has 0 amide bonds. The summed E-state index contributed by atoms with van der Waals surface area (Å²) in [5.74, 6) is -5.46. The lowest BCUT2D eigenvalue weighted by Crippen LogP contribution is -2.37. The molecule has 104 valence electrons. The van der Waals surface area contributed by atoms with Crippen molar-refractivity contribution >= 4 is 10.1 Å². The second kappa shape index (κ2) is 5.91. The predicted molar refractivity (Wildman–Crippen MR) is 47.5 cm³/mol. The first-order valence-electron chi connectivity index (χ1n) is 4.43. The summed E-state index contributed by atoms with van der Waals surface area (Å²) in [7, 11) is -4.17. The van der Waals surface area contributed by atoms with Crippen LogP contribution in [0.5, 0.6) is 0 Å². The number of hydrogen-bond donors (Lipinski definition) is 1. The molecule has 0 aliphatic rings. The summed E-state index contributed by atoms with van der Waals surface area (Å²) in [6, 6.07) is 0. The van der Waals surface area contributed by atoms with Gasteiger partial charge in [0.1, 0.15) is 0 Å². The highest BCUT2D eigenvalue weighted by atomic mass is 32.2. The first kappa shape index (κ1) is 16.5. The molecule has 0 aromatic carbocycles. The molecule has 0 rings (SSSR count). The zero-order valence-corrected chi connectivity index (χ0v) is 9.32. The average molecular weight is 286 g/mol. The quantitative estimate of drug-likeness (QED) is 0.441. The highest BCUT2D eigenvalue weighted by Gasteiger charge is 2.56. The van der Waals surface area contributed by atoms with E-state index in [2.05, 4.69) is 4.74 Å². The fourth-order valence-corrected chi connectivity index (χ4v) is 1.27. The Kier molecular flexibility index (Phi) is 5.75. The van der Waals surface area contributed by atoms with E-state index in [0.29, 0.717) is 0 Å². The zero-order valence-electron chi connectivity index (χ0n) is 8.51. The van der Waals surface area contributed by atoms with Crippen LogP contribution in [0.4, 0.5) is 22.0 Å². The molecule has 4 nitrogen and oxygen atoms in total. The molecule has 0 heterocycles. The number of halogens is 5. The maximum atomic E-state index is 12.3. The highest BCUT2D eigenvalue weighted by molar-refractivity contribution is 7.85. The third-order valence-electron chi connectivity index (χ3n) is 1.67. The Bertz CT molecular complexity index is 324. The fourth-order valence-electron chi connectivity index (χ4n) is 0.788. The van der Waals surface area contributed by atoms with Gasteiger partial charge in [-0.25, -0.2) is 0 Å². The van der Waals surface area contributed by atoms with E-state index < -0.39 is 41.0 Å². The fraction of sp³-hybridized carbons (Fsp3) is 1.00. The molecule has 10 heteroatoms. The summed E-state index contributed by atoms with van der Waals surface area (Å²) in [5, 5.41) is 0. The molecular formula is C7H11F5O4S. The smallest absolute Gasteiger partial charge is 0.381 e. The molecule has 0 saturated heterocycles. The van der Waals surface area contributed by atoms with Gasteiger partial charge in [-0.05, 0) is 6.42 Å². The summed E-state index contributed by atoms with van der Waals surface area (Å²) >= 11 is 0. The van der Waals surface area contributed by atoms with Crippen LogP contribution in [0.15, 0.2) is 0 Å². The standard InChI is InChI=1S/C7H11F5O4S/c8-6(9,7(10,11)12)2-4-16-3-1-5-17(13,14)15/h1-5H2,(H,13,14,15). The van der Waals surface area contributed by atoms with E-state index in [4.69, 9.17) is 4.55 Å². The molecule has 0 atom stereocenters. The van der Waals surface area contributed by atoms with Crippen molar-refractivity contribution in [2.24, 2.45) is 0 Å². The van der Waals surface area contributed by atoms with Crippen LogP contribution >= 0.6 is 0 Å². The van der Waals surface area contributed by atoms with Crippen LogP contribution in [0.1, 0.15) is 12.8 Å². The van der Waals surface area contributed by atoms with Crippen molar-refractivity contribution in [2.45, 2.75) is 24.9 Å². The van der Waals surface area contributed by atoms with Crippen molar-refractivity contribution in [1.29, 1.82) is 0 Å². The number of hydrogen-bond acceptors (Lipinski definition) is 3. The van der Waals surface area contributed by atoms with E-state index in [0.717, 1.165) is 0 Å². The van der Waals surface area contributed by atoms with Gasteiger partial charge >= 0.3 is 12.1 Å². The Hall–Kier alpha value is -0.480. The van der Waals surface area contributed by atoms with E-state index >= 15 is 0 Å². The molecule has 1 N–H and O–H groups in total. The summed E-state index contributed by atoms with van der Waals surface area (Å²) in [6.45, 7) is -1.17. The third-order valence-corrected chi connectivity index (χ3v) is 2.47. The van der Waals surface area contributed by atoms with Crippen molar-refractivity contribution in [3.63, 3.8) is 0 Å². The molecular weight excluding hydrogens is 275 g/mol. The molecule has 0 fully saturated rings. The van der Waals surface area contributed by atoms with Gasteiger partial charge in [-0.1, -0.05) is 0 Å². The normalized spacial score (nSPS) is 14.0. The van der Waals surface area contributed by atoms with Gasteiger partial charge in [-0.3, -0.25) is 4.55 Å². The summed E-state index contributed by atoms with van der Waals surface area (Å²) in [5.41, 5.74) is 0. The first-order chi connectivity index (χ1) is 7.46. The Morgan fingerprint density at radius 2 is 1.59 bits per heavy atom. The molecule has 0 aliphatic carbocycles. The number of ether oxygens (including phenoxy) is 1.